The Kier molecular flexibility index (Phi) is 4.04. The third kappa shape index (κ3) is 3.04. The molecule has 0 spiro atoms. The standard InChI is InChI=1S/C22H16ClNO/c23-17-13-16-11-12-20(15-21(16)22(25)14-17)24(18-7-3-1-4-8-18)19-9-5-2-6-10-19/h1-15,25H. The maximum atomic E-state index is 10.3. The topological polar surface area (TPSA) is 23.5 Å². The summed E-state index contributed by atoms with van der Waals surface area (Å²) >= 11 is 6.05. The van der Waals surface area contributed by atoms with Crippen molar-refractivity contribution in [1.29, 1.82) is 0 Å². The van der Waals surface area contributed by atoms with E-state index in [-0.39, 0.29) is 5.75 Å². The number of benzene rings is 4. The zero-order valence-electron chi connectivity index (χ0n) is 13.4. The van der Waals surface area contributed by atoms with Gasteiger partial charge < -0.3 is 10.0 Å². The van der Waals surface area contributed by atoms with Crippen molar-refractivity contribution in [3.8, 4) is 5.75 Å². The van der Waals surface area contributed by atoms with Crippen LogP contribution in [-0.4, -0.2) is 5.11 Å². The van der Waals surface area contributed by atoms with Crippen LogP contribution in [0, 0.1) is 0 Å². The van der Waals surface area contributed by atoms with E-state index in [9.17, 15) is 5.11 Å². The molecule has 0 bridgehead atoms. The smallest absolute Gasteiger partial charge is 0.124 e. The first-order chi connectivity index (χ1) is 12.2. The number of fused-ring (bicyclic) bond motifs is 1. The molecule has 0 amide bonds. The van der Waals surface area contributed by atoms with E-state index in [1.165, 1.54) is 0 Å². The van der Waals surface area contributed by atoms with Gasteiger partial charge in [-0.05, 0) is 53.9 Å². The zero-order chi connectivity index (χ0) is 17.2. The quantitative estimate of drug-likeness (QED) is 0.448. The van der Waals surface area contributed by atoms with Crippen LogP contribution >= 0.6 is 11.6 Å². The van der Waals surface area contributed by atoms with Gasteiger partial charge in [-0.25, -0.2) is 0 Å². The number of nitrogens with zero attached hydrogens (tertiary/aromatic N) is 1. The monoisotopic (exact) mass is 345 g/mol. The van der Waals surface area contributed by atoms with Gasteiger partial charge in [0.25, 0.3) is 0 Å². The molecule has 0 saturated carbocycles. The first-order valence-corrected chi connectivity index (χ1v) is 8.43. The van der Waals surface area contributed by atoms with Crippen molar-refractivity contribution in [3.05, 3.63) is 96.0 Å². The molecule has 0 aliphatic heterocycles. The average molecular weight is 346 g/mol. The lowest BCUT2D eigenvalue weighted by molar-refractivity contribution is 0.481. The molecule has 1 N–H and O–H groups in total. The maximum Gasteiger partial charge on any atom is 0.124 e. The molecule has 0 aromatic heterocycles. The van der Waals surface area contributed by atoms with E-state index in [1.807, 2.05) is 60.7 Å². The van der Waals surface area contributed by atoms with E-state index in [0.29, 0.717) is 5.02 Å². The Morgan fingerprint density at radius 1 is 0.640 bits per heavy atom. The third-order valence-corrected chi connectivity index (χ3v) is 4.39. The molecule has 2 nitrogen and oxygen atoms in total. The van der Waals surface area contributed by atoms with Gasteiger partial charge in [-0.1, -0.05) is 54.1 Å². The van der Waals surface area contributed by atoms with Crippen molar-refractivity contribution < 1.29 is 5.11 Å². The Hall–Kier alpha value is -2.97. The third-order valence-electron chi connectivity index (χ3n) is 4.17. The molecule has 4 aromatic carbocycles. The highest BCUT2D eigenvalue weighted by Gasteiger charge is 2.13. The number of aromatic hydroxyl groups is 1. The second-order valence-corrected chi connectivity index (χ2v) is 6.27. The van der Waals surface area contributed by atoms with Gasteiger partial charge >= 0.3 is 0 Å². The summed E-state index contributed by atoms with van der Waals surface area (Å²) in [4.78, 5) is 2.16. The van der Waals surface area contributed by atoms with E-state index in [0.717, 1.165) is 27.8 Å². The summed E-state index contributed by atoms with van der Waals surface area (Å²) in [5.41, 5.74) is 3.09. The first-order valence-electron chi connectivity index (χ1n) is 8.05. The van der Waals surface area contributed by atoms with E-state index in [1.54, 1.807) is 6.07 Å². The fraction of sp³-hybridized carbons (Fsp3) is 0. The lowest BCUT2D eigenvalue weighted by atomic mass is 10.1. The fourth-order valence-electron chi connectivity index (χ4n) is 3.03. The SMILES string of the molecule is Oc1cc(Cl)cc2ccc(N(c3ccccc3)c3ccccc3)cc12. The summed E-state index contributed by atoms with van der Waals surface area (Å²) in [7, 11) is 0. The zero-order valence-corrected chi connectivity index (χ0v) is 14.2. The number of hydrogen-bond donors (Lipinski definition) is 1. The molecule has 0 unspecified atom stereocenters. The molecule has 4 rings (SSSR count). The van der Waals surface area contributed by atoms with Gasteiger partial charge in [-0.15, -0.1) is 0 Å². The molecule has 25 heavy (non-hydrogen) atoms. The molecular weight excluding hydrogens is 330 g/mol. The predicted molar refractivity (Wildman–Crippen MR) is 105 cm³/mol. The van der Waals surface area contributed by atoms with Gasteiger partial charge in [0, 0.05) is 27.5 Å². The Labute approximate surface area is 151 Å². The van der Waals surface area contributed by atoms with Crippen LogP contribution in [0.3, 0.4) is 0 Å². The fourth-order valence-corrected chi connectivity index (χ4v) is 3.25. The Balaban J connectivity index is 1.92. The Bertz CT molecular complexity index is 977. The van der Waals surface area contributed by atoms with E-state index in [4.69, 9.17) is 11.6 Å². The number of phenols is 1. The summed E-state index contributed by atoms with van der Waals surface area (Å²) < 4.78 is 0. The number of halogens is 1. The molecule has 0 fully saturated rings. The van der Waals surface area contributed by atoms with Crippen LogP contribution in [0.2, 0.25) is 5.02 Å². The highest BCUT2D eigenvalue weighted by atomic mass is 35.5. The number of anilines is 3. The van der Waals surface area contributed by atoms with Crippen LogP contribution in [0.15, 0.2) is 91.0 Å². The summed E-state index contributed by atoms with van der Waals surface area (Å²) in [5, 5.41) is 12.5. The van der Waals surface area contributed by atoms with E-state index >= 15 is 0 Å². The van der Waals surface area contributed by atoms with Gasteiger partial charge in [0.2, 0.25) is 0 Å². The largest absolute Gasteiger partial charge is 0.507 e. The summed E-state index contributed by atoms with van der Waals surface area (Å²) in [6.07, 6.45) is 0. The first kappa shape index (κ1) is 15.6. The Morgan fingerprint density at radius 3 is 1.84 bits per heavy atom. The second-order valence-electron chi connectivity index (χ2n) is 5.84. The van der Waals surface area contributed by atoms with Crippen molar-refractivity contribution in [3.63, 3.8) is 0 Å². The predicted octanol–water partition coefficient (Wildman–Crippen LogP) is 6.67. The molecule has 0 aliphatic rings. The van der Waals surface area contributed by atoms with E-state index in [2.05, 4.69) is 29.2 Å². The molecule has 4 aromatic rings. The second kappa shape index (κ2) is 6.50. The average Bonchev–Trinajstić information content (AvgIpc) is 2.64. The summed E-state index contributed by atoms with van der Waals surface area (Å²) in [6, 6.07) is 29.8. The molecule has 0 aliphatic carbocycles. The highest BCUT2D eigenvalue weighted by molar-refractivity contribution is 6.31. The molecular formula is C22H16ClNO. The minimum Gasteiger partial charge on any atom is -0.507 e. The van der Waals surface area contributed by atoms with Crippen molar-refractivity contribution in [2.45, 2.75) is 0 Å². The lowest BCUT2D eigenvalue weighted by Crippen LogP contribution is -2.09. The molecule has 122 valence electrons. The van der Waals surface area contributed by atoms with Gasteiger partial charge in [-0.3, -0.25) is 0 Å². The van der Waals surface area contributed by atoms with Crippen LogP contribution in [0.25, 0.3) is 10.8 Å². The van der Waals surface area contributed by atoms with Crippen molar-refractivity contribution in [1.82, 2.24) is 0 Å². The minimum absolute atomic E-state index is 0.186. The maximum absolute atomic E-state index is 10.3. The molecule has 3 heteroatoms. The number of hydrogen-bond acceptors (Lipinski definition) is 2. The van der Waals surface area contributed by atoms with Crippen molar-refractivity contribution in [2.24, 2.45) is 0 Å². The van der Waals surface area contributed by atoms with E-state index < -0.39 is 0 Å². The van der Waals surface area contributed by atoms with Crippen LogP contribution in [-0.2, 0) is 0 Å². The normalized spacial score (nSPS) is 10.8. The molecule has 0 atom stereocenters. The molecule has 0 radical (unpaired) electrons. The van der Waals surface area contributed by atoms with Gasteiger partial charge in [0.15, 0.2) is 0 Å². The Morgan fingerprint density at radius 2 is 1.24 bits per heavy atom. The van der Waals surface area contributed by atoms with Crippen LogP contribution in [0.1, 0.15) is 0 Å². The van der Waals surface area contributed by atoms with Crippen LogP contribution < -0.4 is 4.90 Å². The van der Waals surface area contributed by atoms with Gasteiger partial charge in [0.05, 0.1) is 0 Å². The minimum atomic E-state index is 0.186. The van der Waals surface area contributed by atoms with Crippen LogP contribution in [0.4, 0.5) is 17.1 Å². The number of para-hydroxylation sites is 2. The van der Waals surface area contributed by atoms with Crippen molar-refractivity contribution >= 4 is 39.4 Å². The summed E-state index contributed by atoms with van der Waals surface area (Å²) in [5.74, 6) is 0.186. The molecule has 0 saturated heterocycles. The number of rotatable bonds is 3. The summed E-state index contributed by atoms with van der Waals surface area (Å²) in [6.45, 7) is 0. The lowest BCUT2D eigenvalue weighted by Gasteiger charge is -2.25. The molecule has 0 heterocycles. The van der Waals surface area contributed by atoms with Crippen molar-refractivity contribution in [2.75, 3.05) is 4.90 Å². The van der Waals surface area contributed by atoms with Crippen LogP contribution in [0.5, 0.6) is 5.75 Å². The van der Waals surface area contributed by atoms with Gasteiger partial charge in [0.1, 0.15) is 5.75 Å². The number of phenolic OH excluding ortho intramolecular Hbond substituents is 1. The van der Waals surface area contributed by atoms with Gasteiger partial charge in [-0.2, -0.15) is 0 Å². The highest BCUT2D eigenvalue weighted by Crippen LogP contribution is 2.38.